The van der Waals surface area contributed by atoms with Crippen LogP contribution >= 0.6 is 11.3 Å². The zero-order valence-corrected chi connectivity index (χ0v) is 10.3. The molecule has 0 atom stereocenters. The van der Waals surface area contributed by atoms with E-state index in [0.29, 0.717) is 0 Å². The molecule has 1 N–H and O–H groups in total. The van der Waals surface area contributed by atoms with E-state index in [1.807, 2.05) is 26.4 Å². The standard InChI is InChI=1S/C11H15N3OS/c1-12-5-10-6-13-11(16-10)14(2)7-9-3-4-15-8-9/h3-4,6,8,12H,5,7H2,1-2H3. The van der Waals surface area contributed by atoms with Gasteiger partial charge in [-0.15, -0.1) is 11.3 Å². The summed E-state index contributed by atoms with van der Waals surface area (Å²) >= 11 is 1.71. The maximum Gasteiger partial charge on any atom is 0.185 e. The number of thiazole rings is 1. The summed E-state index contributed by atoms with van der Waals surface area (Å²) in [6.45, 7) is 1.69. The third-order valence-corrected chi connectivity index (χ3v) is 3.33. The van der Waals surface area contributed by atoms with Crippen molar-refractivity contribution in [3.8, 4) is 0 Å². The first-order valence-corrected chi connectivity index (χ1v) is 5.93. The first-order chi connectivity index (χ1) is 7.79. The van der Waals surface area contributed by atoms with Crippen LogP contribution in [0.5, 0.6) is 0 Å². The van der Waals surface area contributed by atoms with E-state index in [1.165, 1.54) is 4.88 Å². The van der Waals surface area contributed by atoms with E-state index in [0.717, 1.165) is 23.8 Å². The monoisotopic (exact) mass is 237 g/mol. The molecule has 0 saturated heterocycles. The Kier molecular flexibility index (Phi) is 3.58. The van der Waals surface area contributed by atoms with E-state index in [2.05, 4.69) is 15.2 Å². The minimum Gasteiger partial charge on any atom is -0.472 e. The molecule has 0 aromatic carbocycles. The van der Waals surface area contributed by atoms with Crippen LogP contribution in [0.3, 0.4) is 0 Å². The van der Waals surface area contributed by atoms with Crippen LogP contribution in [-0.4, -0.2) is 19.1 Å². The fourth-order valence-corrected chi connectivity index (χ4v) is 2.34. The van der Waals surface area contributed by atoms with Crippen LogP contribution in [0.15, 0.2) is 29.2 Å². The summed E-state index contributed by atoms with van der Waals surface area (Å²) in [7, 11) is 3.98. The van der Waals surface area contributed by atoms with Crippen molar-refractivity contribution in [3.63, 3.8) is 0 Å². The second-order valence-corrected chi connectivity index (χ2v) is 4.72. The van der Waals surface area contributed by atoms with Crippen molar-refractivity contribution in [2.24, 2.45) is 0 Å². The van der Waals surface area contributed by atoms with E-state index < -0.39 is 0 Å². The molecule has 0 unspecified atom stereocenters. The molecular weight excluding hydrogens is 222 g/mol. The lowest BCUT2D eigenvalue weighted by Gasteiger charge is -2.13. The highest BCUT2D eigenvalue weighted by Gasteiger charge is 2.07. The Morgan fingerprint density at radius 1 is 1.56 bits per heavy atom. The molecule has 0 aliphatic heterocycles. The van der Waals surface area contributed by atoms with Gasteiger partial charge in [-0.2, -0.15) is 0 Å². The normalized spacial score (nSPS) is 10.6. The Morgan fingerprint density at radius 3 is 3.12 bits per heavy atom. The van der Waals surface area contributed by atoms with Crippen LogP contribution in [-0.2, 0) is 13.1 Å². The second kappa shape index (κ2) is 5.14. The van der Waals surface area contributed by atoms with Gasteiger partial charge in [-0.05, 0) is 13.1 Å². The zero-order valence-electron chi connectivity index (χ0n) is 9.43. The number of hydrogen-bond donors (Lipinski definition) is 1. The van der Waals surface area contributed by atoms with Gasteiger partial charge in [-0.1, -0.05) is 0 Å². The maximum atomic E-state index is 5.04. The van der Waals surface area contributed by atoms with Gasteiger partial charge in [0.2, 0.25) is 0 Å². The van der Waals surface area contributed by atoms with E-state index >= 15 is 0 Å². The van der Waals surface area contributed by atoms with Gasteiger partial charge in [0, 0.05) is 36.8 Å². The largest absolute Gasteiger partial charge is 0.472 e. The molecule has 5 heteroatoms. The van der Waals surface area contributed by atoms with Crippen LogP contribution in [0.1, 0.15) is 10.4 Å². The molecule has 0 bridgehead atoms. The molecular formula is C11H15N3OS. The molecule has 2 aromatic heterocycles. The van der Waals surface area contributed by atoms with E-state index in [4.69, 9.17) is 4.42 Å². The Morgan fingerprint density at radius 2 is 2.44 bits per heavy atom. The molecule has 4 nitrogen and oxygen atoms in total. The van der Waals surface area contributed by atoms with Crippen molar-refractivity contribution in [2.45, 2.75) is 13.1 Å². The molecule has 0 aliphatic carbocycles. The smallest absolute Gasteiger partial charge is 0.185 e. The molecule has 0 amide bonds. The topological polar surface area (TPSA) is 41.3 Å². The van der Waals surface area contributed by atoms with E-state index in [1.54, 1.807) is 23.9 Å². The molecule has 2 aromatic rings. The molecule has 2 rings (SSSR count). The number of furan rings is 1. The van der Waals surface area contributed by atoms with Crippen LogP contribution in [0.4, 0.5) is 5.13 Å². The summed E-state index contributed by atoms with van der Waals surface area (Å²) < 4.78 is 5.04. The Balaban J connectivity index is 2.00. The number of rotatable bonds is 5. The Bertz CT molecular complexity index is 424. The highest BCUT2D eigenvalue weighted by molar-refractivity contribution is 7.15. The average Bonchev–Trinajstić information content (AvgIpc) is 2.89. The predicted octanol–water partition coefficient (Wildman–Crippen LogP) is 2.09. The number of nitrogens with zero attached hydrogens (tertiary/aromatic N) is 2. The fourth-order valence-electron chi connectivity index (χ4n) is 1.45. The van der Waals surface area contributed by atoms with Gasteiger partial charge in [0.1, 0.15) is 0 Å². The Hall–Kier alpha value is -1.33. The molecule has 16 heavy (non-hydrogen) atoms. The first-order valence-electron chi connectivity index (χ1n) is 5.11. The average molecular weight is 237 g/mol. The fraction of sp³-hybridized carbons (Fsp3) is 0.364. The Labute approximate surface area is 98.9 Å². The summed E-state index contributed by atoms with van der Waals surface area (Å²) in [6.07, 6.45) is 5.37. The van der Waals surface area contributed by atoms with Gasteiger partial charge < -0.3 is 14.6 Å². The van der Waals surface area contributed by atoms with Gasteiger partial charge in [-0.25, -0.2) is 4.98 Å². The first kappa shape index (κ1) is 11.2. The maximum absolute atomic E-state index is 5.04. The van der Waals surface area contributed by atoms with Gasteiger partial charge in [-0.3, -0.25) is 0 Å². The van der Waals surface area contributed by atoms with Crippen molar-refractivity contribution in [3.05, 3.63) is 35.2 Å². The molecule has 0 aliphatic rings. The minimum atomic E-state index is 0.822. The molecule has 0 spiro atoms. The van der Waals surface area contributed by atoms with E-state index in [9.17, 15) is 0 Å². The van der Waals surface area contributed by atoms with Crippen LogP contribution in [0, 0.1) is 0 Å². The number of nitrogens with one attached hydrogen (secondary N) is 1. The van der Waals surface area contributed by atoms with Crippen LogP contribution in [0.25, 0.3) is 0 Å². The van der Waals surface area contributed by atoms with Crippen molar-refractivity contribution in [1.29, 1.82) is 0 Å². The summed E-state index contributed by atoms with van der Waals surface area (Å²) in [4.78, 5) is 7.76. The third-order valence-electron chi connectivity index (χ3n) is 2.22. The quantitative estimate of drug-likeness (QED) is 0.864. The van der Waals surface area contributed by atoms with Crippen LogP contribution in [0.2, 0.25) is 0 Å². The summed E-state index contributed by atoms with van der Waals surface area (Å²) in [5, 5.41) is 4.15. The lowest BCUT2D eigenvalue weighted by Crippen LogP contribution is -2.15. The molecule has 0 fully saturated rings. The van der Waals surface area contributed by atoms with Crippen molar-refractivity contribution in [2.75, 3.05) is 19.0 Å². The van der Waals surface area contributed by atoms with Crippen molar-refractivity contribution >= 4 is 16.5 Å². The summed E-state index contributed by atoms with van der Waals surface area (Å²) in [5.74, 6) is 0. The van der Waals surface area contributed by atoms with Crippen LogP contribution < -0.4 is 10.2 Å². The van der Waals surface area contributed by atoms with Crippen molar-refractivity contribution in [1.82, 2.24) is 10.3 Å². The lowest BCUT2D eigenvalue weighted by molar-refractivity contribution is 0.563. The summed E-state index contributed by atoms with van der Waals surface area (Å²) in [6, 6.07) is 1.97. The third kappa shape index (κ3) is 2.62. The van der Waals surface area contributed by atoms with Gasteiger partial charge in [0.05, 0.1) is 12.5 Å². The molecule has 0 radical (unpaired) electrons. The van der Waals surface area contributed by atoms with Gasteiger partial charge in [0.15, 0.2) is 5.13 Å². The molecule has 2 heterocycles. The van der Waals surface area contributed by atoms with Gasteiger partial charge >= 0.3 is 0 Å². The second-order valence-electron chi connectivity index (χ2n) is 3.63. The lowest BCUT2D eigenvalue weighted by atomic mass is 10.3. The van der Waals surface area contributed by atoms with Crippen molar-refractivity contribution < 1.29 is 4.42 Å². The number of hydrogen-bond acceptors (Lipinski definition) is 5. The number of aromatic nitrogens is 1. The molecule has 0 saturated carbocycles. The number of anilines is 1. The molecule has 86 valence electrons. The predicted molar refractivity (Wildman–Crippen MR) is 65.7 cm³/mol. The van der Waals surface area contributed by atoms with Gasteiger partial charge in [0.25, 0.3) is 0 Å². The van der Waals surface area contributed by atoms with E-state index in [-0.39, 0.29) is 0 Å². The summed E-state index contributed by atoms with van der Waals surface area (Å²) in [5.41, 5.74) is 1.16. The highest BCUT2D eigenvalue weighted by Crippen LogP contribution is 2.22. The highest BCUT2D eigenvalue weighted by atomic mass is 32.1. The zero-order chi connectivity index (χ0) is 11.4. The SMILES string of the molecule is CNCc1cnc(N(C)Cc2ccoc2)s1. The minimum absolute atomic E-state index is 0.822.